The number of benzene rings is 2. The molecule has 0 saturated carbocycles. The third-order valence-electron chi connectivity index (χ3n) is 6.72. The number of amides is 1. The summed E-state index contributed by atoms with van der Waals surface area (Å²) in [6.07, 6.45) is 3.49. The van der Waals surface area contributed by atoms with E-state index in [1.54, 1.807) is 39.6 Å². The van der Waals surface area contributed by atoms with Crippen molar-refractivity contribution >= 4 is 28.8 Å². The number of ether oxygens (including phenoxy) is 3. The summed E-state index contributed by atoms with van der Waals surface area (Å²) >= 11 is 1.41. The number of allylic oxidation sites excluding steroid dienone is 1. The van der Waals surface area contributed by atoms with E-state index in [1.807, 2.05) is 64.9 Å². The number of pyridine rings is 1. The Morgan fingerprint density at radius 2 is 1.80 bits per heavy atom. The monoisotopic (exact) mass is 570 g/mol. The van der Waals surface area contributed by atoms with Crippen LogP contribution in [0.5, 0.6) is 11.5 Å². The van der Waals surface area contributed by atoms with Crippen molar-refractivity contribution in [3.8, 4) is 11.5 Å². The number of rotatable bonds is 10. The molecule has 1 aromatic heterocycles. The van der Waals surface area contributed by atoms with Crippen molar-refractivity contribution in [1.29, 1.82) is 0 Å². The number of aliphatic imine (C=N–C) groups is 1. The van der Waals surface area contributed by atoms with Gasteiger partial charge < -0.3 is 24.4 Å². The normalized spacial score (nSPS) is 16.0. The largest absolute Gasteiger partial charge is 0.493 e. The summed E-state index contributed by atoms with van der Waals surface area (Å²) in [5, 5.41) is 5.51. The number of para-hydroxylation sites is 1. The summed E-state index contributed by atoms with van der Waals surface area (Å²) < 4.78 is 17.2. The molecule has 0 spiro atoms. The number of nitrogens with zero attached hydrogens (tertiary/aromatic N) is 3. The van der Waals surface area contributed by atoms with Crippen molar-refractivity contribution in [1.82, 2.24) is 15.2 Å². The number of carbonyl (C=O) groups excluding carboxylic acids is 2. The van der Waals surface area contributed by atoms with Crippen LogP contribution in [0.3, 0.4) is 0 Å². The van der Waals surface area contributed by atoms with Gasteiger partial charge in [0.1, 0.15) is 6.61 Å². The number of fused-ring (bicyclic) bond motifs is 1. The van der Waals surface area contributed by atoms with Crippen LogP contribution in [0.4, 0.5) is 0 Å². The summed E-state index contributed by atoms with van der Waals surface area (Å²) in [5.41, 5.74) is 4.06. The Labute approximate surface area is 242 Å². The molecule has 0 aliphatic carbocycles. The molecule has 2 aromatic carbocycles. The van der Waals surface area contributed by atoms with Gasteiger partial charge in [-0.2, -0.15) is 0 Å². The Kier molecular flexibility index (Phi) is 8.69. The number of thioether (sulfide) groups is 1. The van der Waals surface area contributed by atoms with Gasteiger partial charge in [-0.1, -0.05) is 60.3 Å². The zero-order chi connectivity index (χ0) is 28.8. The molecule has 3 aromatic rings. The lowest BCUT2D eigenvalue weighted by Crippen LogP contribution is -2.38. The van der Waals surface area contributed by atoms with Crippen molar-refractivity contribution < 1.29 is 23.8 Å². The van der Waals surface area contributed by atoms with Crippen LogP contribution in [0.2, 0.25) is 0 Å². The first-order valence-corrected chi connectivity index (χ1v) is 13.9. The van der Waals surface area contributed by atoms with E-state index in [0.29, 0.717) is 45.7 Å². The van der Waals surface area contributed by atoms with E-state index in [-0.39, 0.29) is 18.9 Å². The highest BCUT2D eigenvalue weighted by Gasteiger charge is 2.42. The van der Waals surface area contributed by atoms with Crippen LogP contribution >= 0.6 is 11.8 Å². The van der Waals surface area contributed by atoms with Crippen LogP contribution in [0.1, 0.15) is 36.1 Å². The molecule has 0 fully saturated rings. The van der Waals surface area contributed by atoms with E-state index >= 15 is 0 Å². The Morgan fingerprint density at radius 3 is 2.54 bits per heavy atom. The van der Waals surface area contributed by atoms with E-state index in [0.717, 1.165) is 11.1 Å². The lowest BCUT2D eigenvalue weighted by molar-refractivity contribution is -0.141. The average Bonchev–Trinajstić information content (AvgIpc) is 3.40. The lowest BCUT2D eigenvalue weighted by atomic mass is 9.92. The van der Waals surface area contributed by atoms with Gasteiger partial charge in [0, 0.05) is 30.2 Å². The zero-order valence-corrected chi connectivity index (χ0v) is 23.8. The van der Waals surface area contributed by atoms with Crippen LogP contribution in [0.25, 0.3) is 0 Å². The van der Waals surface area contributed by atoms with E-state index in [2.05, 4.69) is 10.3 Å². The number of esters is 1. The molecule has 5 rings (SSSR count). The second-order valence-electron chi connectivity index (χ2n) is 9.35. The lowest BCUT2D eigenvalue weighted by Gasteiger charge is -2.37. The standard InChI is InChI=1S/C31H30N4O5S/c1-20-27(30(37)40-18-21-9-5-4-6-10-21)28(24-12-7-13-25(38-2)29(24)39-3)35-23(19-41-31(35)34-20)15-26(36)33-17-22-11-8-14-32-16-22/h4-14,16,19,28H,15,17-18H2,1-3H3,(H,33,36). The highest BCUT2D eigenvalue weighted by Crippen LogP contribution is 2.48. The first kappa shape index (κ1) is 28.0. The fourth-order valence-electron chi connectivity index (χ4n) is 4.78. The minimum Gasteiger partial charge on any atom is -0.493 e. The molecule has 2 aliphatic heterocycles. The van der Waals surface area contributed by atoms with Crippen molar-refractivity contribution in [3.05, 3.63) is 112 Å². The quantitative estimate of drug-likeness (QED) is 0.335. The number of carbonyl (C=O) groups is 2. The molecule has 1 atom stereocenters. The predicted molar refractivity (Wildman–Crippen MR) is 157 cm³/mol. The topological polar surface area (TPSA) is 102 Å². The number of methoxy groups -OCH3 is 2. The van der Waals surface area contributed by atoms with Crippen molar-refractivity contribution in [2.45, 2.75) is 32.5 Å². The molecule has 3 heterocycles. The van der Waals surface area contributed by atoms with Gasteiger partial charge in [-0.25, -0.2) is 9.79 Å². The summed E-state index contributed by atoms with van der Waals surface area (Å²) in [7, 11) is 3.12. The number of hydrogen-bond acceptors (Lipinski definition) is 9. The highest BCUT2D eigenvalue weighted by molar-refractivity contribution is 8.16. The average molecular weight is 571 g/mol. The SMILES string of the molecule is COc1cccc(C2C(C(=O)OCc3ccccc3)=C(C)N=C3SC=C(CC(=O)NCc4cccnc4)N32)c1OC. The molecular weight excluding hydrogens is 540 g/mol. The molecule has 0 bridgehead atoms. The van der Waals surface area contributed by atoms with Gasteiger partial charge in [0.2, 0.25) is 5.91 Å². The Morgan fingerprint density at radius 1 is 1.00 bits per heavy atom. The number of nitrogens with one attached hydrogen (secondary N) is 1. The molecule has 0 saturated heterocycles. The molecule has 1 amide bonds. The molecular formula is C31H30N4O5S. The maximum Gasteiger partial charge on any atom is 0.338 e. The minimum atomic E-state index is -0.664. The van der Waals surface area contributed by atoms with Gasteiger partial charge in [-0.05, 0) is 35.6 Å². The van der Waals surface area contributed by atoms with Crippen molar-refractivity contribution in [2.24, 2.45) is 4.99 Å². The van der Waals surface area contributed by atoms with Gasteiger partial charge in [-0.15, -0.1) is 0 Å². The van der Waals surface area contributed by atoms with Crippen LogP contribution in [-0.2, 0) is 27.5 Å². The van der Waals surface area contributed by atoms with Crippen molar-refractivity contribution in [2.75, 3.05) is 14.2 Å². The molecule has 41 heavy (non-hydrogen) atoms. The van der Waals surface area contributed by atoms with Gasteiger partial charge in [0.15, 0.2) is 16.7 Å². The smallest absolute Gasteiger partial charge is 0.338 e. The van der Waals surface area contributed by atoms with Gasteiger partial charge in [-0.3, -0.25) is 9.78 Å². The molecule has 1 N–H and O–H groups in total. The number of amidine groups is 1. The van der Waals surface area contributed by atoms with E-state index in [9.17, 15) is 9.59 Å². The third kappa shape index (κ3) is 6.12. The second-order valence-corrected chi connectivity index (χ2v) is 10.2. The predicted octanol–water partition coefficient (Wildman–Crippen LogP) is 5.12. The molecule has 10 heteroatoms. The van der Waals surface area contributed by atoms with E-state index in [4.69, 9.17) is 19.2 Å². The maximum atomic E-state index is 13.7. The highest BCUT2D eigenvalue weighted by atomic mass is 32.2. The third-order valence-corrected chi connectivity index (χ3v) is 7.60. The van der Waals surface area contributed by atoms with Gasteiger partial charge >= 0.3 is 5.97 Å². The molecule has 1 unspecified atom stereocenters. The van der Waals surface area contributed by atoms with Crippen molar-refractivity contribution in [3.63, 3.8) is 0 Å². The van der Waals surface area contributed by atoms with Gasteiger partial charge in [0.25, 0.3) is 0 Å². The summed E-state index contributed by atoms with van der Waals surface area (Å²) in [5.74, 6) is 0.342. The Bertz CT molecular complexity index is 1520. The zero-order valence-electron chi connectivity index (χ0n) is 23.0. The fraction of sp³-hybridized carbons (Fsp3) is 0.226. The van der Waals surface area contributed by atoms with Crippen LogP contribution in [0, 0.1) is 0 Å². The molecule has 9 nitrogen and oxygen atoms in total. The Hall–Kier alpha value is -4.57. The molecule has 210 valence electrons. The minimum absolute atomic E-state index is 0.0838. The first-order chi connectivity index (χ1) is 20.0. The Balaban J connectivity index is 1.47. The van der Waals surface area contributed by atoms with Crippen LogP contribution in [0.15, 0.2) is 100 Å². The van der Waals surface area contributed by atoms with E-state index < -0.39 is 12.0 Å². The molecule has 0 radical (unpaired) electrons. The maximum absolute atomic E-state index is 13.7. The van der Waals surface area contributed by atoms with Gasteiger partial charge in [0.05, 0.1) is 38.0 Å². The summed E-state index contributed by atoms with van der Waals surface area (Å²) in [4.78, 5) is 37.6. The summed E-state index contributed by atoms with van der Waals surface area (Å²) in [6.45, 7) is 2.27. The number of hydrogen-bond donors (Lipinski definition) is 1. The second kappa shape index (κ2) is 12.7. The molecule has 2 aliphatic rings. The first-order valence-electron chi connectivity index (χ1n) is 13.0. The van der Waals surface area contributed by atoms with Crippen LogP contribution < -0.4 is 14.8 Å². The number of aromatic nitrogens is 1. The fourth-order valence-corrected chi connectivity index (χ4v) is 5.75. The van der Waals surface area contributed by atoms with E-state index in [1.165, 1.54) is 11.8 Å². The summed E-state index contributed by atoms with van der Waals surface area (Å²) in [6, 6.07) is 18.1. The van der Waals surface area contributed by atoms with Crippen LogP contribution in [-0.4, -0.2) is 41.1 Å².